The van der Waals surface area contributed by atoms with Gasteiger partial charge in [-0.1, -0.05) is 13.0 Å². The fourth-order valence-electron chi connectivity index (χ4n) is 2.90. The molecule has 0 saturated carbocycles. The number of benzene rings is 1. The lowest BCUT2D eigenvalue weighted by molar-refractivity contribution is 0.0532. The maximum Gasteiger partial charge on any atom is 0.254 e. The molecule has 1 heterocycles. The standard InChI is InChI=1S/C16H24N2O.ClH/c1-11-6-7-14(9-13(11)3)16(19)18-8-4-5-12(2)15(18)10-17;/h6-7,9,12,15H,4-5,8,10,17H2,1-3H3;1H. The van der Waals surface area contributed by atoms with Gasteiger partial charge in [-0.15, -0.1) is 12.4 Å². The molecule has 2 atom stereocenters. The number of hydrogen-bond donors (Lipinski definition) is 1. The maximum absolute atomic E-state index is 12.6. The molecule has 0 aromatic heterocycles. The summed E-state index contributed by atoms with van der Waals surface area (Å²) in [6.45, 7) is 7.69. The fraction of sp³-hybridized carbons (Fsp3) is 0.562. The zero-order valence-electron chi connectivity index (χ0n) is 12.6. The number of nitrogens with two attached hydrogens (primary N) is 1. The number of likely N-dealkylation sites (tertiary alicyclic amines) is 1. The van der Waals surface area contributed by atoms with Crippen molar-refractivity contribution in [1.29, 1.82) is 0 Å². The van der Waals surface area contributed by atoms with Gasteiger partial charge in [0, 0.05) is 24.7 Å². The smallest absolute Gasteiger partial charge is 0.254 e. The largest absolute Gasteiger partial charge is 0.334 e. The Kier molecular flexibility index (Phi) is 6.03. The first-order chi connectivity index (χ1) is 9.04. The number of halogens is 1. The summed E-state index contributed by atoms with van der Waals surface area (Å²) in [4.78, 5) is 14.6. The summed E-state index contributed by atoms with van der Waals surface area (Å²) >= 11 is 0. The number of carbonyl (C=O) groups excluding carboxylic acids is 1. The van der Waals surface area contributed by atoms with Gasteiger partial charge in [-0.3, -0.25) is 4.79 Å². The van der Waals surface area contributed by atoms with Crippen LogP contribution in [-0.4, -0.2) is 29.9 Å². The highest BCUT2D eigenvalue weighted by molar-refractivity contribution is 5.94. The van der Waals surface area contributed by atoms with E-state index in [0.717, 1.165) is 18.5 Å². The summed E-state index contributed by atoms with van der Waals surface area (Å²) < 4.78 is 0. The molecule has 3 nitrogen and oxygen atoms in total. The molecule has 0 bridgehead atoms. The van der Waals surface area contributed by atoms with E-state index >= 15 is 0 Å². The molecule has 0 spiro atoms. The highest BCUT2D eigenvalue weighted by Crippen LogP contribution is 2.24. The quantitative estimate of drug-likeness (QED) is 0.912. The fourth-order valence-corrected chi connectivity index (χ4v) is 2.90. The average Bonchev–Trinajstić information content (AvgIpc) is 2.40. The molecule has 0 aliphatic carbocycles. The van der Waals surface area contributed by atoms with Gasteiger partial charge >= 0.3 is 0 Å². The molecule has 2 rings (SSSR count). The van der Waals surface area contributed by atoms with Gasteiger partial charge in [0.15, 0.2) is 0 Å². The van der Waals surface area contributed by atoms with Gasteiger partial charge in [0.05, 0.1) is 0 Å². The first-order valence-corrected chi connectivity index (χ1v) is 7.13. The van der Waals surface area contributed by atoms with Gasteiger partial charge in [-0.05, 0) is 55.9 Å². The number of aryl methyl sites for hydroxylation is 2. The van der Waals surface area contributed by atoms with Crippen molar-refractivity contribution in [2.45, 2.75) is 39.7 Å². The number of amides is 1. The number of rotatable bonds is 2. The predicted molar refractivity (Wildman–Crippen MR) is 85.4 cm³/mol. The summed E-state index contributed by atoms with van der Waals surface area (Å²) in [5.41, 5.74) is 9.04. The second-order valence-corrected chi connectivity index (χ2v) is 5.72. The minimum atomic E-state index is 0. The average molecular weight is 297 g/mol. The Morgan fingerprint density at radius 3 is 2.65 bits per heavy atom. The number of nitrogens with zero attached hydrogens (tertiary/aromatic N) is 1. The third-order valence-electron chi connectivity index (χ3n) is 4.37. The summed E-state index contributed by atoms with van der Waals surface area (Å²) in [6, 6.07) is 6.12. The molecule has 1 aromatic carbocycles. The lowest BCUT2D eigenvalue weighted by Crippen LogP contribution is -2.51. The van der Waals surface area contributed by atoms with Gasteiger partial charge in [0.2, 0.25) is 0 Å². The Bertz CT molecular complexity index is 476. The van der Waals surface area contributed by atoms with Gasteiger partial charge in [0.25, 0.3) is 5.91 Å². The van der Waals surface area contributed by atoms with E-state index in [2.05, 4.69) is 13.8 Å². The third-order valence-corrected chi connectivity index (χ3v) is 4.37. The summed E-state index contributed by atoms with van der Waals surface area (Å²) in [6.07, 6.45) is 2.24. The molecule has 1 saturated heterocycles. The topological polar surface area (TPSA) is 46.3 Å². The number of carbonyl (C=O) groups is 1. The highest BCUT2D eigenvalue weighted by Gasteiger charge is 2.31. The van der Waals surface area contributed by atoms with Crippen molar-refractivity contribution < 1.29 is 4.79 Å². The third kappa shape index (κ3) is 3.33. The molecule has 4 heteroatoms. The second kappa shape index (κ2) is 7.09. The van der Waals surface area contributed by atoms with Crippen LogP contribution in [0, 0.1) is 19.8 Å². The van der Waals surface area contributed by atoms with Crippen LogP contribution in [0.2, 0.25) is 0 Å². The lowest BCUT2D eigenvalue weighted by Gasteiger charge is -2.39. The SMILES string of the molecule is Cc1ccc(C(=O)N2CCCC(C)C2CN)cc1C.Cl. The van der Waals surface area contributed by atoms with Crippen molar-refractivity contribution in [3.8, 4) is 0 Å². The van der Waals surface area contributed by atoms with E-state index in [9.17, 15) is 4.79 Å². The molecule has 20 heavy (non-hydrogen) atoms. The molecule has 1 amide bonds. The maximum atomic E-state index is 12.6. The molecule has 0 radical (unpaired) electrons. The molecule has 2 N–H and O–H groups in total. The summed E-state index contributed by atoms with van der Waals surface area (Å²) in [5, 5.41) is 0. The summed E-state index contributed by atoms with van der Waals surface area (Å²) in [5.74, 6) is 0.624. The Morgan fingerprint density at radius 2 is 2.05 bits per heavy atom. The van der Waals surface area contributed by atoms with Crippen LogP contribution in [-0.2, 0) is 0 Å². The van der Waals surface area contributed by atoms with Crippen molar-refractivity contribution in [3.63, 3.8) is 0 Å². The van der Waals surface area contributed by atoms with Gasteiger partial charge < -0.3 is 10.6 Å². The van der Waals surface area contributed by atoms with Crippen LogP contribution < -0.4 is 5.73 Å². The van der Waals surface area contributed by atoms with Crippen LogP contribution in [0.15, 0.2) is 18.2 Å². The van der Waals surface area contributed by atoms with Crippen LogP contribution in [0.4, 0.5) is 0 Å². The molecular formula is C16H25ClN2O. The van der Waals surface area contributed by atoms with Crippen molar-refractivity contribution in [2.75, 3.05) is 13.1 Å². The minimum Gasteiger partial charge on any atom is -0.334 e. The monoisotopic (exact) mass is 296 g/mol. The number of hydrogen-bond acceptors (Lipinski definition) is 2. The van der Waals surface area contributed by atoms with Gasteiger partial charge in [-0.2, -0.15) is 0 Å². The Morgan fingerprint density at radius 1 is 1.35 bits per heavy atom. The Labute approximate surface area is 127 Å². The molecule has 1 aliphatic rings. The normalized spacial score (nSPS) is 22.3. The molecule has 1 aromatic rings. The molecular weight excluding hydrogens is 272 g/mol. The first kappa shape index (κ1) is 17.0. The van der Waals surface area contributed by atoms with Crippen molar-refractivity contribution in [3.05, 3.63) is 34.9 Å². The molecule has 2 unspecified atom stereocenters. The van der Waals surface area contributed by atoms with Gasteiger partial charge in [0.1, 0.15) is 0 Å². The van der Waals surface area contributed by atoms with E-state index in [-0.39, 0.29) is 24.4 Å². The van der Waals surface area contributed by atoms with E-state index in [1.165, 1.54) is 17.5 Å². The molecule has 1 fully saturated rings. The van der Waals surface area contributed by atoms with Crippen LogP contribution in [0.25, 0.3) is 0 Å². The first-order valence-electron chi connectivity index (χ1n) is 7.13. The van der Waals surface area contributed by atoms with Gasteiger partial charge in [-0.25, -0.2) is 0 Å². The highest BCUT2D eigenvalue weighted by atomic mass is 35.5. The van der Waals surface area contributed by atoms with Crippen molar-refractivity contribution in [1.82, 2.24) is 4.90 Å². The number of piperidine rings is 1. The van der Waals surface area contributed by atoms with E-state index < -0.39 is 0 Å². The van der Waals surface area contributed by atoms with Crippen LogP contribution in [0.5, 0.6) is 0 Å². The Balaban J connectivity index is 0.00000200. The zero-order chi connectivity index (χ0) is 14.0. The second-order valence-electron chi connectivity index (χ2n) is 5.72. The zero-order valence-corrected chi connectivity index (χ0v) is 13.4. The van der Waals surface area contributed by atoms with E-state index in [1.54, 1.807) is 0 Å². The van der Waals surface area contributed by atoms with Crippen molar-refractivity contribution >= 4 is 18.3 Å². The van der Waals surface area contributed by atoms with E-state index in [1.807, 2.05) is 30.0 Å². The Hall–Kier alpha value is -1.06. The van der Waals surface area contributed by atoms with Crippen molar-refractivity contribution in [2.24, 2.45) is 11.7 Å². The van der Waals surface area contributed by atoms with E-state index in [4.69, 9.17) is 5.73 Å². The lowest BCUT2D eigenvalue weighted by atomic mass is 9.90. The van der Waals surface area contributed by atoms with E-state index in [0.29, 0.717) is 12.5 Å². The molecule has 1 aliphatic heterocycles. The van der Waals surface area contributed by atoms with Crippen LogP contribution in [0.3, 0.4) is 0 Å². The predicted octanol–water partition coefficient (Wildman–Crippen LogP) is 2.92. The molecule has 112 valence electrons. The minimum absolute atomic E-state index is 0. The summed E-state index contributed by atoms with van der Waals surface area (Å²) in [7, 11) is 0. The van der Waals surface area contributed by atoms with Crippen LogP contribution >= 0.6 is 12.4 Å². The van der Waals surface area contributed by atoms with Crippen LogP contribution in [0.1, 0.15) is 41.3 Å².